The first-order valence-electron chi connectivity index (χ1n) is 5.06. The van der Waals surface area contributed by atoms with Crippen molar-refractivity contribution in [3.63, 3.8) is 0 Å². The van der Waals surface area contributed by atoms with E-state index in [1.807, 2.05) is 31.2 Å². The average Bonchev–Trinajstić information content (AvgIpc) is 2.61. The van der Waals surface area contributed by atoms with Crippen molar-refractivity contribution < 1.29 is 4.42 Å². The van der Waals surface area contributed by atoms with E-state index in [1.54, 1.807) is 0 Å². The Kier molecular flexibility index (Phi) is 2.83. The van der Waals surface area contributed by atoms with Crippen LogP contribution in [-0.4, -0.2) is 0 Å². The molecule has 1 heterocycles. The molecule has 78 valence electrons. The van der Waals surface area contributed by atoms with E-state index in [-0.39, 0.29) is 0 Å². The van der Waals surface area contributed by atoms with Crippen LogP contribution in [0, 0.1) is 6.92 Å². The normalized spacial score (nSPS) is 10.6. The zero-order valence-corrected chi connectivity index (χ0v) is 9.64. The molecule has 0 N–H and O–H groups in total. The Morgan fingerprint density at radius 2 is 1.87 bits per heavy atom. The molecule has 0 spiro atoms. The van der Waals surface area contributed by atoms with Gasteiger partial charge in [0, 0.05) is 10.6 Å². The Hall–Kier alpha value is -1.21. The Labute approximate surface area is 94.7 Å². The Morgan fingerprint density at radius 3 is 2.40 bits per heavy atom. The van der Waals surface area contributed by atoms with Crippen LogP contribution in [0.5, 0.6) is 0 Å². The zero-order chi connectivity index (χ0) is 10.8. The van der Waals surface area contributed by atoms with Gasteiger partial charge in [0.15, 0.2) is 0 Å². The standard InChI is InChI=1S/C13H13ClO/c1-3-10-8-13(15-9(10)2)11-4-6-12(14)7-5-11/h4-8H,3H2,1-2H3. The fourth-order valence-corrected chi connectivity index (χ4v) is 1.75. The lowest BCUT2D eigenvalue weighted by Crippen LogP contribution is -1.75. The summed E-state index contributed by atoms with van der Waals surface area (Å²) in [7, 11) is 0. The van der Waals surface area contributed by atoms with Gasteiger partial charge < -0.3 is 4.42 Å². The van der Waals surface area contributed by atoms with Gasteiger partial charge in [-0.05, 0) is 49.2 Å². The highest BCUT2D eigenvalue weighted by Crippen LogP contribution is 2.26. The van der Waals surface area contributed by atoms with E-state index < -0.39 is 0 Å². The third-order valence-corrected chi connectivity index (χ3v) is 2.78. The molecule has 0 saturated heterocycles. The molecule has 0 unspecified atom stereocenters. The third-order valence-electron chi connectivity index (χ3n) is 2.53. The van der Waals surface area contributed by atoms with E-state index in [4.69, 9.17) is 16.0 Å². The molecule has 1 nitrogen and oxygen atoms in total. The fourth-order valence-electron chi connectivity index (χ4n) is 1.63. The highest BCUT2D eigenvalue weighted by atomic mass is 35.5. The molecule has 2 heteroatoms. The largest absolute Gasteiger partial charge is 0.461 e. The average molecular weight is 221 g/mol. The third kappa shape index (κ3) is 2.07. The maximum atomic E-state index is 5.83. The van der Waals surface area contributed by atoms with Crippen LogP contribution < -0.4 is 0 Å². The van der Waals surface area contributed by atoms with Crippen molar-refractivity contribution in [3.8, 4) is 11.3 Å². The Morgan fingerprint density at radius 1 is 1.20 bits per heavy atom. The quantitative estimate of drug-likeness (QED) is 0.728. The number of benzene rings is 1. The van der Waals surface area contributed by atoms with Gasteiger partial charge in [0.05, 0.1) is 0 Å². The van der Waals surface area contributed by atoms with Crippen molar-refractivity contribution >= 4 is 11.6 Å². The molecule has 0 aliphatic heterocycles. The second-order valence-electron chi connectivity index (χ2n) is 3.55. The minimum atomic E-state index is 0.748. The first-order valence-corrected chi connectivity index (χ1v) is 5.43. The molecule has 0 fully saturated rings. The van der Waals surface area contributed by atoms with Crippen molar-refractivity contribution in [2.45, 2.75) is 20.3 Å². The Balaban J connectivity index is 2.41. The van der Waals surface area contributed by atoms with Gasteiger partial charge in [0.1, 0.15) is 11.5 Å². The molecule has 0 atom stereocenters. The molecule has 0 aliphatic carbocycles. The molecular weight excluding hydrogens is 208 g/mol. The second kappa shape index (κ2) is 4.11. The van der Waals surface area contributed by atoms with Crippen LogP contribution in [0.3, 0.4) is 0 Å². The second-order valence-corrected chi connectivity index (χ2v) is 3.99. The summed E-state index contributed by atoms with van der Waals surface area (Å²) >= 11 is 5.83. The maximum absolute atomic E-state index is 5.83. The molecular formula is C13H13ClO. The van der Waals surface area contributed by atoms with Gasteiger partial charge in [0.25, 0.3) is 0 Å². The molecule has 1 aromatic heterocycles. The summed E-state index contributed by atoms with van der Waals surface area (Å²) in [6, 6.07) is 9.79. The number of hydrogen-bond acceptors (Lipinski definition) is 1. The first-order chi connectivity index (χ1) is 7.20. The molecule has 15 heavy (non-hydrogen) atoms. The van der Waals surface area contributed by atoms with Crippen molar-refractivity contribution in [2.24, 2.45) is 0 Å². The Bertz CT molecular complexity index is 454. The van der Waals surface area contributed by atoms with Gasteiger partial charge in [-0.25, -0.2) is 0 Å². The van der Waals surface area contributed by atoms with Crippen LogP contribution in [0.4, 0.5) is 0 Å². The van der Waals surface area contributed by atoms with Crippen LogP contribution >= 0.6 is 11.6 Å². The summed E-state index contributed by atoms with van der Waals surface area (Å²) in [5.74, 6) is 1.92. The summed E-state index contributed by atoms with van der Waals surface area (Å²) in [6.45, 7) is 4.13. The summed E-state index contributed by atoms with van der Waals surface area (Å²) in [4.78, 5) is 0. The van der Waals surface area contributed by atoms with E-state index in [0.717, 1.165) is 28.5 Å². The number of halogens is 1. The summed E-state index contributed by atoms with van der Waals surface area (Å²) in [6.07, 6.45) is 1.00. The van der Waals surface area contributed by atoms with Crippen LogP contribution in [0.15, 0.2) is 34.7 Å². The molecule has 0 aliphatic rings. The van der Waals surface area contributed by atoms with E-state index >= 15 is 0 Å². The maximum Gasteiger partial charge on any atom is 0.134 e. The minimum absolute atomic E-state index is 0.748. The smallest absolute Gasteiger partial charge is 0.134 e. The summed E-state index contributed by atoms with van der Waals surface area (Å²) < 4.78 is 5.69. The van der Waals surface area contributed by atoms with E-state index in [1.165, 1.54) is 5.56 Å². The molecule has 0 saturated carbocycles. The van der Waals surface area contributed by atoms with Gasteiger partial charge in [0.2, 0.25) is 0 Å². The number of hydrogen-bond donors (Lipinski definition) is 0. The summed E-state index contributed by atoms with van der Waals surface area (Å²) in [5, 5.41) is 0.748. The van der Waals surface area contributed by atoms with E-state index in [0.29, 0.717) is 0 Å². The van der Waals surface area contributed by atoms with E-state index in [9.17, 15) is 0 Å². The molecule has 1 aromatic carbocycles. The number of furan rings is 1. The van der Waals surface area contributed by atoms with Gasteiger partial charge in [-0.3, -0.25) is 0 Å². The van der Waals surface area contributed by atoms with Crippen molar-refractivity contribution in [3.05, 3.63) is 46.7 Å². The van der Waals surface area contributed by atoms with Gasteiger partial charge in [-0.15, -0.1) is 0 Å². The van der Waals surface area contributed by atoms with Gasteiger partial charge in [-0.2, -0.15) is 0 Å². The molecule has 0 bridgehead atoms. The monoisotopic (exact) mass is 220 g/mol. The fraction of sp³-hybridized carbons (Fsp3) is 0.231. The van der Waals surface area contributed by atoms with E-state index in [2.05, 4.69) is 13.0 Å². The number of rotatable bonds is 2. The van der Waals surface area contributed by atoms with Gasteiger partial charge >= 0.3 is 0 Å². The SMILES string of the molecule is CCc1cc(-c2ccc(Cl)cc2)oc1C. The van der Waals surface area contributed by atoms with Crippen LogP contribution in [-0.2, 0) is 6.42 Å². The van der Waals surface area contributed by atoms with Crippen LogP contribution in [0.1, 0.15) is 18.2 Å². The molecule has 2 rings (SSSR count). The van der Waals surface area contributed by atoms with Gasteiger partial charge in [-0.1, -0.05) is 18.5 Å². The minimum Gasteiger partial charge on any atom is -0.461 e. The van der Waals surface area contributed by atoms with Crippen molar-refractivity contribution in [2.75, 3.05) is 0 Å². The number of aryl methyl sites for hydroxylation is 2. The van der Waals surface area contributed by atoms with Crippen molar-refractivity contribution in [1.29, 1.82) is 0 Å². The highest BCUT2D eigenvalue weighted by Gasteiger charge is 2.07. The predicted octanol–water partition coefficient (Wildman–Crippen LogP) is 4.47. The predicted molar refractivity (Wildman–Crippen MR) is 63.3 cm³/mol. The summed E-state index contributed by atoms with van der Waals surface area (Å²) in [5.41, 5.74) is 2.34. The topological polar surface area (TPSA) is 13.1 Å². The lowest BCUT2D eigenvalue weighted by atomic mass is 10.1. The lowest BCUT2D eigenvalue weighted by Gasteiger charge is -1.95. The highest BCUT2D eigenvalue weighted by molar-refractivity contribution is 6.30. The van der Waals surface area contributed by atoms with Crippen molar-refractivity contribution in [1.82, 2.24) is 0 Å². The molecule has 0 amide bonds. The lowest BCUT2D eigenvalue weighted by molar-refractivity contribution is 0.544. The molecule has 2 aromatic rings. The first kappa shape index (κ1) is 10.3. The zero-order valence-electron chi connectivity index (χ0n) is 8.88. The molecule has 0 radical (unpaired) electrons. The van der Waals surface area contributed by atoms with Crippen LogP contribution in [0.25, 0.3) is 11.3 Å². The van der Waals surface area contributed by atoms with Crippen LogP contribution in [0.2, 0.25) is 5.02 Å².